The summed E-state index contributed by atoms with van der Waals surface area (Å²) in [4.78, 5) is 23.2. The van der Waals surface area contributed by atoms with Gasteiger partial charge in [-0.3, -0.25) is 9.59 Å². The molecule has 3 heteroatoms. The molecule has 168 valence electrons. The second-order valence-electron chi connectivity index (χ2n) is 11.8. The zero-order chi connectivity index (χ0) is 21.7. The first-order valence-electron chi connectivity index (χ1n) is 12.6. The van der Waals surface area contributed by atoms with E-state index in [1.54, 1.807) is 0 Å². The number of hydrogen-bond acceptors (Lipinski definition) is 2. The number of carbonyl (C=O) groups excluding carboxylic acids is 1. The molecule has 5 unspecified atom stereocenters. The lowest BCUT2D eigenvalue weighted by Gasteiger charge is -2.58. The van der Waals surface area contributed by atoms with Gasteiger partial charge in [0, 0.05) is 6.42 Å². The van der Waals surface area contributed by atoms with Crippen LogP contribution in [0.25, 0.3) is 0 Å². The van der Waals surface area contributed by atoms with Crippen molar-refractivity contribution in [2.24, 2.45) is 46.3 Å². The highest BCUT2D eigenvalue weighted by atomic mass is 16.4. The summed E-state index contributed by atoms with van der Waals surface area (Å²) >= 11 is 0. The van der Waals surface area contributed by atoms with E-state index in [2.05, 4.69) is 20.8 Å². The van der Waals surface area contributed by atoms with Crippen LogP contribution in [0, 0.1) is 46.3 Å². The summed E-state index contributed by atoms with van der Waals surface area (Å²) < 4.78 is 0. The van der Waals surface area contributed by atoms with Gasteiger partial charge in [0.15, 0.2) is 5.78 Å². The largest absolute Gasteiger partial charge is 0.481 e. The van der Waals surface area contributed by atoms with E-state index in [0.717, 1.165) is 55.8 Å². The number of aliphatic carboxylic acids is 1. The maximum atomic E-state index is 12.0. The van der Waals surface area contributed by atoms with Gasteiger partial charge in [-0.25, -0.2) is 0 Å². The van der Waals surface area contributed by atoms with Crippen LogP contribution < -0.4 is 0 Å². The third-order valence-corrected chi connectivity index (χ3v) is 10.4. The molecule has 0 spiro atoms. The molecule has 0 saturated heterocycles. The van der Waals surface area contributed by atoms with Crippen LogP contribution >= 0.6 is 0 Å². The molecule has 8 atom stereocenters. The lowest BCUT2D eigenvalue weighted by atomic mass is 9.46. The van der Waals surface area contributed by atoms with Gasteiger partial charge in [-0.05, 0) is 97.9 Å². The fraction of sp³-hybridized carbons (Fsp3) is 0.852. The minimum absolute atomic E-state index is 0.216. The van der Waals surface area contributed by atoms with Gasteiger partial charge in [0.25, 0.3) is 0 Å². The summed E-state index contributed by atoms with van der Waals surface area (Å²) in [5, 5.41) is 9.16. The Morgan fingerprint density at radius 2 is 1.83 bits per heavy atom. The van der Waals surface area contributed by atoms with E-state index < -0.39 is 5.97 Å². The van der Waals surface area contributed by atoms with Gasteiger partial charge in [-0.1, -0.05) is 46.1 Å². The normalized spacial score (nSPS) is 42.5. The van der Waals surface area contributed by atoms with E-state index >= 15 is 0 Å². The Morgan fingerprint density at radius 1 is 1.07 bits per heavy atom. The number of allylic oxidation sites excluding steroid dienone is 1. The van der Waals surface area contributed by atoms with Crippen molar-refractivity contribution >= 4 is 11.8 Å². The number of fused-ring (bicyclic) bond motifs is 5. The Kier molecular flexibility index (Phi) is 5.96. The summed E-state index contributed by atoms with van der Waals surface area (Å²) in [6.07, 6.45) is 14.7. The van der Waals surface area contributed by atoms with Gasteiger partial charge in [0.1, 0.15) is 0 Å². The molecule has 30 heavy (non-hydrogen) atoms. The van der Waals surface area contributed by atoms with E-state index in [4.69, 9.17) is 5.11 Å². The molecule has 3 fully saturated rings. The second-order valence-corrected chi connectivity index (χ2v) is 11.8. The molecule has 0 aromatic rings. The molecule has 4 aliphatic rings. The first kappa shape index (κ1) is 22.1. The Balaban J connectivity index is 1.44. The molecule has 0 bridgehead atoms. The number of carboxylic acids is 1. The maximum Gasteiger partial charge on any atom is 0.306 e. The van der Waals surface area contributed by atoms with Gasteiger partial charge in [0.2, 0.25) is 0 Å². The topological polar surface area (TPSA) is 54.4 Å². The first-order chi connectivity index (χ1) is 14.2. The predicted octanol–water partition coefficient (Wildman–Crippen LogP) is 6.66. The van der Waals surface area contributed by atoms with E-state index in [9.17, 15) is 9.59 Å². The molecule has 0 radical (unpaired) electrons. The average Bonchev–Trinajstić information content (AvgIpc) is 3.05. The smallest absolute Gasteiger partial charge is 0.306 e. The van der Waals surface area contributed by atoms with Crippen molar-refractivity contribution in [2.75, 3.05) is 0 Å². The van der Waals surface area contributed by atoms with Gasteiger partial charge in [-0.2, -0.15) is 0 Å². The van der Waals surface area contributed by atoms with Gasteiger partial charge < -0.3 is 5.11 Å². The Morgan fingerprint density at radius 3 is 2.57 bits per heavy atom. The highest BCUT2D eigenvalue weighted by Gasteiger charge is 2.59. The van der Waals surface area contributed by atoms with Crippen molar-refractivity contribution in [3.63, 3.8) is 0 Å². The van der Waals surface area contributed by atoms with E-state index in [-0.39, 0.29) is 11.3 Å². The number of ketones is 1. The summed E-state index contributed by atoms with van der Waals surface area (Å²) in [7, 11) is 0. The Hall–Kier alpha value is -1.12. The van der Waals surface area contributed by atoms with E-state index in [1.807, 2.05) is 13.0 Å². The van der Waals surface area contributed by atoms with Gasteiger partial charge >= 0.3 is 5.97 Å². The molecule has 3 saturated carbocycles. The quantitative estimate of drug-likeness (QED) is 0.528. The van der Waals surface area contributed by atoms with Crippen LogP contribution in [0.5, 0.6) is 0 Å². The van der Waals surface area contributed by atoms with Crippen LogP contribution in [0.2, 0.25) is 0 Å². The molecule has 0 aliphatic heterocycles. The minimum Gasteiger partial charge on any atom is -0.481 e. The zero-order valence-corrected chi connectivity index (χ0v) is 19.6. The molecular formula is C27H42O3. The Labute approximate surface area is 183 Å². The fourth-order valence-electron chi connectivity index (χ4n) is 8.61. The predicted molar refractivity (Wildman–Crippen MR) is 120 cm³/mol. The SMILES string of the molecule is CC(CCC[C@H](C)C(=O)O)[C@H]1CCC2C3CCC4=CC(=O)CCC4(C)C3CC[C@@]21C. The average molecular weight is 415 g/mol. The molecule has 4 rings (SSSR count). The monoisotopic (exact) mass is 414 g/mol. The van der Waals surface area contributed by atoms with Gasteiger partial charge in [-0.15, -0.1) is 0 Å². The van der Waals surface area contributed by atoms with E-state index in [0.29, 0.717) is 17.1 Å². The maximum absolute atomic E-state index is 12.0. The number of carbonyl (C=O) groups is 2. The van der Waals surface area contributed by atoms with Crippen molar-refractivity contribution in [3.05, 3.63) is 11.6 Å². The third-order valence-electron chi connectivity index (χ3n) is 10.4. The molecule has 0 heterocycles. The minimum atomic E-state index is -0.655. The number of rotatable bonds is 6. The molecular weight excluding hydrogens is 372 g/mol. The van der Waals surface area contributed by atoms with Crippen LogP contribution in [0.4, 0.5) is 0 Å². The van der Waals surface area contributed by atoms with Crippen molar-refractivity contribution in [1.82, 2.24) is 0 Å². The van der Waals surface area contributed by atoms with Crippen LogP contribution in [0.15, 0.2) is 11.6 Å². The summed E-state index contributed by atoms with van der Waals surface area (Å²) in [5.74, 6) is 3.43. The number of carboxylic acid groups (broad SMARTS) is 1. The summed E-state index contributed by atoms with van der Waals surface area (Å²) in [6, 6.07) is 0. The van der Waals surface area contributed by atoms with Crippen LogP contribution in [-0.2, 0) is 9.59 Å². The first-order valence-corrected chi connectivity index (χ1v) is 12.6. The van der Waals surface area contributed by atoms with Crippen molar-refractivity contribution in [1.29, 1.82) is 0 Å². The van der Waals surface area contributed by atoms with Crippen LogP contribution in [0.1, 0.15) is 98.3 Å². The molecule has 0 aromatic heterocycles. The molecule has 0 amide bonds. The molecule has 1 N–H and O–H groups in total. The van der Waals surface area contributed by atoms with Gasteiger partial charge in [0.05, 0.1) is 5.92 Å². The standard InChI is InChI=1S/C27H42O3/c1-17(6-5-7-18(2)25(29)30)22-10-11-23-21-9-8-19-16-20(28)12-14-26(19,3)24(21)13-15-27(22,23)4/h16-18,21-24H,5-15H2,1-4H3,(H,29,30)/t17?,18-,21?,22+,23?,24?,26?,27+/m0/s1. The highest BCUT2D eigenvalue weighted by Crippen LogP contribution is 2.67. The fourth-order valence-corrected chi connectivity index (χ4v) is 8.61. The lowest BCUT2D eigenvalue weighted by Crippen LogP contribution is -2.50. The molecule has 0 aromatic carbocycles. The Bertz CT molecular complexity index is 724. The highest BCUT2D eigenvalue weighted by molar-refractivity contribution is 5.91. The second kappa shape index (κ2) is 8.10. The lowest BCUT2D eigenvalue weighted by molar-refractivity contribution is -0.141. The molecule has 3 nitrogen and oxygen atoms in total. The molecule has 4 aliphatic carbocycles. The summed E-state index contributed by atoms with van der Waals surface area (Å²) in [5.41, 5.74) is 2.20. The van der Waals surface area contributed by atoms with E-state index in [1.165, 1.54) is 44.1 Å². The van der Waals surface area contributed by atoms with Crippen molar-refractivity contribution in [3.8, 4) is 0 Å². The zero-order valence-electron chi connectivity index (χ0n) is 19.6. The van der Waals surface area contributed by atoms with Crippen molar-refractivity contribution < 1.29 is 14.7 Å². The number of hydrogen-bond donors (Lipinski definition) is 1. The van der Waals surface area contributed by atoms with Crippen LogP contribution in [-0.4, -0.2) is 16.9 Å². The third kappa shape index (κ3) is 3.58. The summed E-state index contributed by atoms with van der Waals surface area (Å²) in [6.45, 7) is 9.35. The van der Waals surface area contributed by atoms with Crippen molar-refractivity contribution in [2.45, 2.75) is 98.3 Å². The van der Waals surface area contributed by atoms with Crippen LogP contribution in [0.3, 0.4) is 0 Å².